The van der Waals surface area contributed by atoms with Crippen LogP contribution in [0.3, 0.4) is 0 Å². The first-order chi connectivity index (χ1) is 10.5. The predicted molar refractivity (Wildman–Crippen MR) is 86.0 cm³/mol. The van der Waals surface area contributed by atoms with Crippen LogP contribution in [-0.4, -0.2) is 11.1 Å². The molecule has 1 heterocycles. The van der Waals surface area contributed by atoms with Gasteiger partial charge in [0.15, 0.2) is 0 Å². The van der Waals surface area contributed by atoms with Crippen LogP contribution in [0, 0.1) is 5.82 Å². The quantitative estimate of drug-likeness (QED) is 0.825. The Labute approximate surface area is 135 Å². The number of hydrogen-bond acceptors (Lipinski definition) is 3. The van der Waals surface area contributed by atoms with Crippen molar-refractivity contribution < 1.29 is 14.0 Å². The van der Waals surface area contributed by atoms with E-state index in [0.29, 0.717) is 9.93 Å². The highest BCUT2D eigenvalue weighted by Gasteiger charge is 2.24. The van der Waals surface area contributed by atoms with Gasteiger partial charge in [0.05, 0.1) is 9.93 Å². The summed E-state index contributed by atoms with van der Waals surface area (Å²) in [6, 6.07) is 11.5. The first kappa shape index (κ1) is 14.8. The maximum Gasteiger partial charge on any atom is 0.290 e. The van der Waals surface area contributed by atoms with E-state index in [1.807, 2.05) is 12.1 Å². The molecular formula is C16H9ClFNO2S. The van der Waals surface area contributed by atoms with Crippen molar-refractivity contribution in [2.45, 2.75) is 0 Å². The molecule has 1 aliphatic heterocycles. The lowest BCUT2D eigenvalue weighted by Gasteiger charge is -2.05. The van der Waals surface area contributed by atoms with Crippen LogP contribution in [0.1, 0.15) is 5.56 Å². The van der Waals surface area contributed by atoms with Gasteiger partial charge < -0.3 is 0 Å². The van der Waals surface area contributed by atoms with Crippen molar-refractivity contribution in [2.24, 2.45) is 0 Å². The van der Waals surface area contributed by atoms with Gasteiger partial charge in [-0.15, -0.1) is 0 Å². The van der Waals surface area contributed by atoms with Gasteiger partial charge in [-0.2, -0.15) is 0 Å². The molecule has 2 aromatic rings. The van der Waals surface area contributed by atoms with Gasteiger partial charge in [-0.3, -0.25) is 14.9 Å². The van der Waals surface area contributed by atoms with E-state index >= 15 is 0 Å². The van der Waals surface area contributed by atoms with Crippen LogP contribution in [-0.2, 0) is 4.79 Å². The van der Waals surface area contributed by atoms with Crippen molar-refractivity contribution in [3.63, 3.8) is 0 Å². The molecular weight excluding hydrogens is 325 g/mol. The van der Waals surface area contributed by atoms with E-state index in [9.17, 15) is 14.0 Å². The Hall–Kier alpha value is -2.11. The smallest absolute Gasteiger partial charge is 0.282 e. The van der Waals surface area contributed by atoms with Gasteiger partial charge in [0.25, 0.3) is 11.1 Å². The minimum Gasteiger partial charge on any atom is -0.282 e. The second-order valence-corrected chi connectivity index (χ2v) is 6.02. The van der Waals surface area contributed by atoms with Crippen LogP contribution in [0.25, 0.3) is 17.2 Å². The molecule has 22 heavy (non-hydrogen) atoms. The maximum atomic E-state index is 13.1. The minimum absolute atomic E-state index is 0.336. The monoisotopic (exact) mass is 333 g/mol. The largest absolute Gasteiger partial charge is 0.290 e. The van der Waals surface area contributed by atoms with E-state index in [2.05, 4.69) is 5.32 Å². The van der Waals surface area contributed by atoms with Gasteiger partial charge in [-0.1, -0.05) is 35.9 Å². The Balaban J connectivity index is 1.88. The van der Waals surface area contributed by atoms with Crippen LogP contribution in [0.2, 0.25) is 5.02 Å². The molecule has 0 atom stereocenters. The Kier molecular flexibility index (Phi) is 4.00. The molecule has 6 heteroatoms. The summed E-state index contributed by atoms with van der Waals surface area (Å²) in [6.45, 7) is 0. The van der Waals surface area contributed by atoms with Crippen molar-refractivity contribution in [2.75, 3.05) is 0 Å². The zero-order valence-electron chi connectivity index (χ0n) is 11.1. The number of thioether (sulfide) groups is 1. The molecule has 0 unspecified atom stereocenters. The topological polar surface area (TPSA) is 46.2 Å². The van der Waals surface area contributed by atoms with Gasteiger partial charge in [-0.05, 0) is 47.2 Å². The van der Waals surface area contributed by atoms with E-state index in [0.717, 1.165) is 28.5 Å². The fraction of sp³-hybridized carbons (Fsp3) is 0. The lowest BCUT2D eigenvalue weighted by Crippen LogP contribution is -2.17. The molecule has 0 aliphatic carbocycles. The number of hydrogen-bond donors (Lipinski definition) is 1. The van der Waals surface area contributed by atoms with Crippen molar-refractivity contribution in [3.05, 3.63) is 63.8 Å². The Morgan fingerprint density at radius 1 is 1.09 bits per heavy atom. The van der Waals surface area contributed by atoms with Crippen molar-refractivity contribution in [1.82, 2.24) is 5.32 Å². The average Bonchev–Trinajstić information content (AvgIpc) is 2.78. The molecule has 0 spiro atoms. The molecule has 110 valence electrons. The summed E-state index contributed by atoms with van der Waals surface area (Å²) in [6.07, 6.45) is 1.64. The number of carbonyl (C=O) groups is 2. The van der Waals surface area contributed by atoms with E-state index in [4.69, 9.17) is 11.6 Å². The molecule has 1 saturated heterocycles. The van der Waals surface area contributed by atoms with Crippen LogP contribution >= 0.6 is 23.4 Å². The Morgan fingerprint density at radius 3 is 2.41 bits per heavy atom. The molecule has 0 bridgehead atoms. The molecule has 1 aliphatic rings. The number of imide groups is 1. The highest BCUT2D eigenvalue weighted by molar-refractivity contribution is 8.18. The van der Waals surface area contributed by atoms with Gasteiger partial charge >= 0.3 is 0 Å². The summed E-state index contributed by atoms with van der Waals surface area (Å²) >= 11 is 6.90. The Morgan fingerprint density at radius 2 is 1.82 bits per heavy atom. The van der Waals surface area contributed by atoms with Crippen LogP contribution < -0.4 is 5.32 Å². The summed E-state index contributed by atoms with van der Waals surface area (Å²) in [7, 11) is 0. The SMILES string of the molecule is O=C1NC(=O)/C(=C/c2ccc(-c3ccc(F)cc3Cl)cc2)S1. The summed E-state index contributed by atoms with van der Waals surface area (Å²) in [5, 5.41) is 2.17. The number of nitrogens with one attached hydrogen (secondary N) is 1. The molecule has 0 radical (unpaired) electrons. The lowest BCUT2D eigenvalue weighted by molar-refractivity contribution is -0.115. The van der Waals surface area contributed by atoms with Crippen molar-refractivity contribution >= 4 is 40.6 Å². The molecule has 0 saturated carbocycles. The van der Waals surface area contributed by atoms with Gasteiger partial charge in [-0.25, -0.2) is 4.39 Å². The molecule has 1 N–H and O–H groups in total. The standard InChI is InChI=1S/C16H9ClFNO2S/c17-13-8-11(18)5-6-12(13)10-3-1-9(2-4-10)7-14-15(20)19-16(21)22-14/h1-8H,(H,19,20,21)/b14-7-. The molecule has 2 aromatic carbocycles. The molecule has 0 aromatic heterocycles. The second-order valence-electron chi connectivity index (χ2n) is 4.60. The molecule has 2 amide bonds. The van der Waals surface area contributed by atoms with Crippen molar-refractivity contribution in [3.8, 4) is 11.1 Å². The number of amides is 2. The van der Waals surface area contributed by atoms with Crippen LogP contribution in [0.5, 0.6) is 0 Å². The summed E-state index contributed by atoms with van der Waals surface area (Å²) in [5.74, 6) is -0.773. The number of benzene rings is 2. The van der Waals surface area contributed by atoms with E-state index < -0.39 is 0 Å². The molecule has 3 nitrogen and oxygen atoms in total. The highest BCUT2D eigenvalue weighted by atomic mass is 35.5. The predicted octanol–water partition coefficient (Wildman–Crippen LogP) is 4.47. The first-order valence-electron chi connectivity index (χ1n) is 6.33. The van der Waals surface area contributed by atoms with E-state index in [-0.39, 0.29) is 17.0 Å². The van der Waals surface area contributed by atoms with E-state index in [1.165, 1.54) is 12.1 Å². The zero-order valence-corrected chi connectivity index (χ0v) is 12.7. The number of halogens is 2. The molecule has 3 rings (SSSR count). The summed E-state index contributed by atoms with van der Waals surface area (Å²) in [5.41, 5.74) is 2.35. The number of carbonyl (C=O) groups excluding carboxylic acids is 2. The first-order valence-corrected chi connectivity index (χ1v) is 7.53. The van der Waals surface area contributed by atoms with Gasteiger partial charge in [0, 0.05) is 5.56 Å². The maximum absolute atomic E-state index is 13.1. The normalized spacial score (nSPS) is 16.2. The van der Waals surface area contributed by atoms with Crippen LogP contribution in [0.4, 0.5) is 9.18 Å². The molecule has 1 fully saturated rings. The third-order valence-electron chi connectivity index (χ3n) is 3.09. The fourth-order valence-electron chi connectivity index (χ4n) is 2.05. The third-order valence-corrected chi connectivity index (χ3v) is 4.22. The fourth-order valence-corrected chi connectivity index (χ4v) is 3.01. The van der Waals surface area contributed by atoms with Crippen molar-refractivity contribution in [1.29, 1.82) is 0 Å². The average molecular weight is 334 g/mol. The van der Waals surface area contributed by atoms with Crippen LogP contribution in [0.15, 0.2) is 47.4 Å². The highest BCUT2D eigenvalue weighted by Crippen LogP contribution is 2.30. The minimum atomic E-state index is -0.388. The second kappa shape index (κ2) is 5.94. The zero-order chi connectivity index (χ0) is 15.7. The van der Waals surface area contributed by atoms with Gasteiger partial charge in [0.2, 0.25) is 0 Å². The third kappa shape index (κ3) is 3.05. The lowest BCUT2D eigenvalue weighted by atomic mass is 10.0. The number of rotatable bonds is 2. The summed E-state index contributed by atoms with van der Waals surface area (Å²) in [4.78, 5) is 22.9. The van der Waals surface area contributed by atoms with Gasteiger partial charge in [0.1, 0.15) is 5.82 Å². The Bertz CT molecular complexity index is 802. The summed E-state index contributed by atoms with van der Waals surface area (Å²) < 4.78 is 13.1. The van der Waals surface area contributed by atoms with E-state index in [1.54, 1.807) is 24.3 Å².